The lowest BCUT2D eigenvalue weighted by atomic mass is 9.80. The zero-order valence-electron chi connectivity index (χ0n) is 40.1. The number of nitro groups is 2. The molecule has 0 saturated carbocycles. The third-order valence-electron chi connectivity index (χ3n) is 11.9. The Hall–Kier alpha value is -6.92. The molecule has 2 heterocycles. The molecule has 1 saturated heterocycles. The first-order chi connectivity index (χ1) is 34.2. The molecule has 0 radical (unpaired) electrons. The maximum absolute atomic E-state index is 13.8. The van der Waals surface area contributed by atoms with Crippen LogP contribution in [0.2, 0.25) is 0 Å². The van der Waals surface area contributed by atoms with Crippen LogP contribution in [0.15, 0.2) is 151 Å². The summed E-state index contributed by atoms with van der Waals surface area (Å²) >= 11 is 0. The molecule has 1 aromatic heterocycles. The van der Waals surface area contributed by atoms with E-state index in [0.717, 1.165) is 27.8 Å². The Morgan fingerprint density at radius 2 is 1.32 bits per heavy atom. The van der Waals surface area contributed by atoms with Gasteiger partial charge in [-0.3, -0.25) is 30.1 Å². The molecule has 1 amide bonds. The van der Waals surface area contributed by atoms with Crippen molar-refractivity contribution in [3.05, 3.63) is 204 Å². The lowest BCUT2D eigenvalue weighted by Crippen LogP contribution is -2.39. The Labute approximate surface area is 412 Å². The molecule has 6 aromatic rings. The molecular weight excluding hydrogens is 932 g/mol. The lowest BCUT2D eigenvalue weighted by molar-refractivity contribution is -0.385. The quantitative estimate of drug-likeness (QED) is 0.0274. The number of nitrogens with zero attached hydrogens (tertiary/aromatic N) is 5. The standard InChI is InChI=1S/C52H57N6O12P/c1-36(2)56(37(3)4)71(68-33-30-39-18-24-44(25-19-39)58(63)64)70-46-34-49(55-31-28-48(53-50(55)59)54-51(60)66-32-29-38-16-22-43(23-17-38)57(61)62)69-47(46)35-67-52(40-12-8-6-9-13-40,41-14-10-7-11-15-41)42-20-26-45(65-5)27-21-42/h6-28,31,36-37,46-47,49H,29-30,32-35H2,1-5H3,(H,53,54,59,60)/t46-,47+,49+,71?/m0/s1. The number of aromatic nitrogens is 2. The van der Waals surface area contributed by atoms with Gasteiger partial charge in [0.1, 0.15) is 29.5 Å². The summed E-state index contributed by atoms with van der Waals surface area (Å²) in [5.74, 6) is 0.638. The van der Waals surface area contributed by atoms with E-state index in [-0.39, 0.29) is 55.5 Å². The predicted molar refractivity (Wildman–Crippen MR) is 267 cm³/mol. The van der Waals surface area contributed by atoms with Gasteiger partial charge in [-0.15, -0.1) is 0 Å². The Balaban J connectivity index is 1.17. The lowest BCUT2D eigenvalue weighted by Gasteiger charge is -2.39. The number of amides is 1. The number of hydrogen-bond acceptors (Lipinski definition) is 14. The van der Waals surface area contributed by atoms with Crippen LogP contribution in [0.1, 0.15) is 68.2 Å². The maximum Gasteiger partial charge on any atom is 0.412 e. The van der Waals surface area contributed by atoms with Crippen LogP contribution in [0.25, 0.3) is 0 Å². The van der Waals surface area contributed by atoms with Gasteiger partial charge in [-0.1, -0.05) is 97.1 Å². The van der Waals surface area contributed by atoms with Gasteiger partial charge in [0.15, 0.2) is 0 Å². The summed E-state index contributed by atoms with van der Waals surface area (Å²) in [6, 6.07) is 41.3. The summed E-state index contributed by atoms with van der Waals surface area (Å²) in [6.07, 6.45) is -0.736. The molecule has 0 bridgehead atoms. The molecule has 1 fully saturated rings. The van der Waals surface area contributed by atoms with Crippen molar-refractivity contribution in [2.75, 3.05) is 32.2 Å². The van der Waals surface area contributed by atoms with Crippen LogP contribution >= 0.6 is 8.53 Å². The number of benzene rings is 5. The summed E-state index contributed by atoms with van der Waals surface area (Å²) in [5, 5.41) is 24.8. The highest BCUT2D eigenvalue weighted by molar-refractivity contribution is 7.44. The first-order valence-electron chi connectivity index (χ1n) is 23.2. The Kier molecular flexibility index (Phi) is 17.7. The third-order valence-corrected chi connectivity index (χ3v) is 14.0. The summed E-state index contributed by atoms with van der Waals surface area (Å²) in [6.45, 7) is 8.45. The highest BCUT2D eigenvalue weighted by Crippen LogP contribution is 2.51. The molecule has 5 aromatic carbocycles. The van der Waals surface area contributed by atoms with Gasteiger partial charge in [-0.05, 0) is 80.1 Å². The van der Waals surface area contributed by atoms with E-state index in [2.05, 4.69) is 42.7 Å². The van der Waals surface area contributed by atoms with E-state index in [1.165, 1.54) is 41.1 Å². The van der Waals surface area contributed by atoms with Crippen LogP contribution in [-0.4, -0.2) is 81.4 Å². The number of hydrogen-bond donors (Lipinski definition) is 1. The molecule has 1 aliphatic heterocycles. The van der Waals surface area contributed by atoms with E-state index in [1.54, 1.807) is 31.4 Å². The second-order valence-electron chi connectivity index (χ2n) is 17.2. The van der Waals surface area contributed by atoms with Gasteiger partial charge in [-0.25, -0.2) is 14.3 Å². The zero-order chi connectivity index (χ0) is 50.5. The molecule has 4 atom stereocenters. The van der Waals surface area contributed by atoms with Crippen LogP contribution in [0.5, 0.6) is 5.75 Å². The van der Waals surface area contributed by atoms with Gasteiger partial charge < -0.3 is 28.0 Å². The first kappa shape index (κ1) is 51.9. The fraction of sp³-hybridized carbons (Fsp3) is 0.327. The number of methoxy groups -OCH3 is 1. The second-order valence-corrected chi connectivity index (χ2v) is 18.6. The fourth-order valence-corrected chi connectivity index (χ4v) is 10.2. The normalized spacial score (nSPS) is 16.3. The van der Waals surface area contributed by atoms with Crippen molar-refractivity contribution in [2.45, 2.75) is 83.1 Å². The number of anilines is 1. The van der Waals surface area contributed by atoms with Crippen LogP contribution in [0.3, 0.4) is 0 Å². The van der Waals surface area contributed by atoms with E-state index < -0.39 is 54.2 Å². The van der Waals surface area contributed by atoms with E-state index in [1.807, 2.05) is 84.9 Å². The predicted octanol–water partition coefficient (Wildman–Crippen LogP) is 10.1. The molecular formula is C52H57N6O12P. The highest BCUT2D eigenvalue weighted by atomic mass is 31.2. The number of nitrogens with one attached hydrogen (secondary N) is 1. The minimum Gasteiger partial charge on any atom is -0.497 e. The smallest absolute Gasteiger partial charge is 0.412 e. The molecule has 71 heavy (non-hydrogen) atoms. The van der Waals surface area contributed by atoms with Gasteiger partial charge in [0.25, 0.3) is 19.9 Å². The van der Waals surface area contributed by atoms with Crippen molar-refractivity contribution in [1.29, 1.82) is 0 Å². The van der Waals surface area contributed by atoms with Crippen LogP contribution in [0, 0.1) is 20.2 Å². The largest absolute Gasteiger partial charge is 0.497 e. The number of ether oxygens (including phenoxy) is 4. The molecule has 372 valence electrons. The van der Waals surface area contributed by atoms with Crippen LogP contribution < -0.4 is 15.7 Å². The molecule has 0 spiro atoms. The van der Waals surface area contributed by atoms with Gasteiger partial charge >= 0.3 is 11.8 Å². The number of rotatable bonds is 23. The van der Waals surface area contributed by atoms with Crippen molar-refractivity contribution in [3.8, 4) is 5.75 Å². The zero-order valence-corrected chi connectivity index (χ0v) is 41.0. The van der Waals surface area contributed by atoms with Crippen molar-refractivity contribution in [1.82, 2.24) is 14.2 Å². The molecule has 19 heteroatoms. The van der Waals surface area contributed by atoms with Crippen LogP contribution in [-0.2, 0) is 41.7 Å². The van der Waals surface area contributed by atoms with E-state index in [4.69, 9.17) is 28.0 Å². The average Bonchev–Trinajstić information content (AvgIpc) is 3.76. The number of carbonyl (C=O) groups is 1. The van der Waals surface area contributed by atoms with Crippen molar-refractivity contribution < 1.29 is 42.6 Å². The molecule has 1 N–H and O–H groups in total. The Morgan fingerprint density at radius 1 is 0.789 bits per heavy atom. The topological polar surface area (TPSA) is 209 Å². The van der Waals surface area contributed by atoms with Gasteiger partial charge in [0.05, 0.1) is 42.9 Å². The summed E-state index contributed by atoms with van der Waals surface area (Å²) in [7, 11) is -0.166. The monoisotopic (exact) mass is 988 g/mol. The molecule has 0 aliphatic carbocycles. The van der Waals surface area contributed by atoms with E-state index >= 15 is 0 Å². The van der Waals surface area contributed by atoms with Crippen LogP contribution in [0.4, 0.5) is 22.0 Å². The number of carbonyl (C=O) groups excluding carboxylic acids is 1. The van der Waals surface area contributed by atoms with Crippen molar-refractivity contribution >= 4 is 31.8 Å². The van der Waals surface area contributed by atoms with E-state index in [0.29, 0.717) is 18.6 Å². The average molecular weight is 989 g/mol. The van der Waals surface area contributed by atoms with Gasteiger partial charge in [0.2, 0.25) is 0 Å². The Bertz CT molecular complexity index is 2700. The van der Waals surface area contributed by atoms with Gasteiger partial charge in [-0.2, -0.15) is 4.98 Å². The maximum atomic E-state index is 13.8. The number of nitro benzene ring substituents is 2. The molecule has 18 nitrogen and oxygen atoms in total. The van der Waals surface area contributed by atoms with E-state index in [9.17, 15) is 29.8 Å². The minimum atomic E-state index is -1.78. The Morgan fingerprint density at radius 3 is 1.83 bits per heavy atom. The summed E-state index contributed by atoms with van der Waals surface area (Å²) < 4.78 is 42.2. The second kappa shape index (κ2) is 24.3. The SMILES string of the molecule is COc1ccc(C(OC[C@H]2O[C@@H](n3ccc(NC(=O)OCCc4ccc([N+](=O)[O-])cc4)nc3=O)C[C@@H]2OP(OCCc2ccc([N+](=O)[O-])cc2)N(C(C)C)C(C)C)(c2ccccc2)c2ccccc2)cc1. The summed E-state index contributed by atoms with van der Waals surface area (Å²) in [5.41, 5.74) is 2.25. The van der Waals surface area contributed by atoms with Gasteiger partial charge in [0, 0.05) is 55.4 Å². The minimum absolute atomic E-state index is 0.00196. The number of non-ortho nitro benzene ring substituents is 2. The van der Waals surface area contributed by atoms with Crippen molar-refractivity contribution in [2.24, 2.45) is 0 Å². The fourth-order valence-electron chi connectivity index (χ4n) is 8.42. The molecule has 7 rings (SSSR count). The molecule has 1 aliphatic rings. The highest BCUT2D eigenvalue weighted by Gasteiger charge is 2.45. The third kappa shape index (κ3) is 13.1. The van der Waals surface area contributed by atoms with Crippen molar-refractivity contribution in [3.63, 3.8) is 0 Å². The summed E-state index contributed by atoms with van der Waals surface area (Å²) in [4.78, 5) is 52.1. The first-order valence-corrected chi connectivity index (χ1v) is 24.3. The molecule has 1 unspecified atom stereocenters.